The standard InChI is InChI=1S/C14H16F3NO2/c1-8-7-12(8)13(19)18-9(2)10-3-5-11(6-4-10)20-14(15,16)17/h3-6,8-9,12H,7H2,1-2H3,(H,18,19). The lowest BCUT2D eigenvalue weighted by Crippen LogP contribution is -2.28. The van der Waals surface area contributed by atoms with Crippen molar-refractivity contribution in [2.75, 3.05) is 0 Å². The van der Waals surface area contributed by atoms with Crippen molar-refractivity contribution in [1.29, 1.82) is 0 Å². The van der Waals surface area contributed by atoms with E-state index < -0.39 is 6.36 Å². The van der Waals surface area contributed by atoms with Crippen molar-refractivity contribution in [3.63, 3.8) is 0 Å². The summed E-state index contributed by atoms with van der Waals surface area (Å²) in [7, 11) is 0. The molecule has 2 rings (SSSR count). The van der Waals surface area contributed by atoms with E-state index in [9.17, 15) is 18.0 Å². The summed E-state index contributed by atoms with van der Waals surface area (Å²) >= 11 is 0. The maximum atomic E-state index is 12.0. The number of alkyl halides is 3. The zero-order chi connectivity index (χ0) is 14.9. The lowest BCUT2D eigenvalue weighted by atomic mass is 10.1. The summed E-state index contributed by atoms with van der Waals surface area (Å²) in [6.07, 6.45) is -3.79. The van der Waals surface area contributed by atoms with Crippen molar-refractivity contribution in [2.45, 2.75) is 32.7 Å². The third-order valence-corrected chi connectivity index (χ3v) is 3.42. The van der Waals surface area contributed by atoms with Crippen LogP contribution in [0.15, 0.2) is 24.3 Å². The van der Waals surface area contributed by atoms with Gasteiger partial charge in [-0.05, 0) is 37.0 Å². The number of rotatable bonds is 4. The van der Waals surface area contributed by atoms with Crippen molar-refractivity contribution >= 4 is 5.91 Å². The number of nitrogens with one attached hydrogen (secondary N) is 1. The second kappa shape index (κ2) is 5.34. The van der Waals surface area contributed by atoms with Crippen LogP contribution in [0.25, 0.3) is 0 Å². The number of amides is 1. The van der Waals surface area contributed by atoms with Crippen molar-refractivity contribution in [2.24, 2.45) is 11.8 Å². The van der Waals surface area contributed by atoms with Crippen LogP contribution in [0.1, 0.15) is 31.9 Å². The van der Waals surface area contributed by atoms with Crippen LogP contribution in [-0.4, -0.2) is 12.3 Å². The first-order valence-corrected chi connectivity index (χ1v) is 6.42. The highest BCUT2D eigenvalue weighted by Crippen LogP contribution is 2.38. The first-order valence-electron chi connectivity index (χ1n) is 6.42. The molecule has 1 fully saturated rings. The highest BCUT2D eigenvalue weighted by atomic mass is 19.4. The van der Waals surface area contributed by atoms with E-state index in [1.165, 1.54) is 24.3 Å². The van der Waals surface area contributed by atoms with Crippen LogP contribution in [0, 0.1) is 11.8 Å². The van der Waals surface area contributed by atoms with Crippen LogP contribution in [0.2, 0.25) is 0 Å². The topological polar surface area (TPSA) is 38.3 Å². The minimum Gasteiger partial charge on any atom is -0.406 e. The summed E-state index contributed by atoms with van der Waals surface area (Å²) in [5, 5.41) is 2.85. The molecule has 1 aliphatic rings. The first kappa shape index (κ1) is 14.7. The summed E-state index contributed by atoms with van der Waals surface area (Å²) in [5.41, 5.74) is 0.737. The normalized spacial score (nSPS) is 23.1. The van der Waals surface area contributed by atoms with E-state index >= 15 is 0 Å². The zero-order valence-corrected chi connectivity index (χ0v) is 11.2. The first-order chi connectivity index (χ1) is 9.26. The number of benzene rings is 1. The third-order valence-electron chi connectivity index (χ3n) is 3.42. The van der Waals surface area contributed by atoms with Gasteiger partial charge in [-0.3, -0.25) is 4.79 Å². The highest BCUT2D eigenvalue weighted by molar-refractivity contribution is 5.81. The minimum atomic E-state index is -4.69. The predicted molar refractivity (Wildman–Crippen MR) is 67.0 cm³/mol. The Hall–Kier alpha value is -1.72. The molecule has 0 saturated heterocycles. The van der Waals surface area contributed by atoms with Crippen molar-refractivity contribution in [3.05, 3.63) is 29.8 Å². The molecule has 0 spiro atoms. The Kier molecular flexibility index (Phi) is 3.92. The molecule has 0 bridgehead atoms. The van der Waals surface area contributed by atoms with Gasteiger partial charge in [0.25, 0.3) is 0 Å². The van der Waals surface area contributed by atoms with Gasteiger partial charge in [0.05, 0.1) is 6.04 Å². The number of carbonyl (C=O) groups is 1. The fourth-order valence-corrected chi connectivity index (χ4v) is 2.05. The molecular weight excluding hydrogens is 271 g/mol. The smallest absolute Gasteiger partial charge is 0.406 e. The van der Waals surface area contributed by atoms with Crippen molar-refractivity contribution in [1.82, 2.24) is 5.32 Å². The minimum absolute atomic E-state index is 0.000572. The summed E-state index contributed by atoms with van der Waals surface area (Å²) in [6.45, 7) is 3.81. The summed E-state index contributed by atoms with van der Waals surface area (Å²) < 4.78 is 39.9. The van der Waals surface area contributed by atoms with Crippen molar-refractivity contribution in [3.8, 4) is 5.75 Å². The van der Waals surface area contributed by atoms with Gasteiger partial charge in [-0.1, -0.05) is 19.1 Å². The van der Waals surface area contributed by atoms with Gasteiger partial charge in [-0.25, -0.2) is 0 Å². The number of hydrogen-bond acceptors (Lipinski definition) is 2. The lowest BCUT2D eigenvalue weighted by Gasteiger charge is -2.15. The molecule has 3 nitrogen and oxygen atoms in total. The van der Waals surface area contributed by atoms with E-state index in [-0.39, 0.29) is 23.6 Å². The molecule has 1 aromatic carbocycles. The maximum absolute atomic E-state index is 12.0. The molecule has 3 atom stereocenters. The van der Waals surface area contributed by atoms with E-state index in [1.807, 2.05) is 6.92 Å². The summed E-state index contributed by atoms with van der Waals surface area (Å²) in [4.78, 5) is 11.8. The van der Waals surface area contributed by atoms with Gasteiger partial charge in [-0.15, -0.1) is 13.2 Å². The molecule has 1 N–H and O–H groups in total. The van der Waals surface area contributed by atoms with Crippen LogP contribution < -0.4 is 10.1 Å². The van der Waals surface area contributed by atoms with Crippen LogP contribution >= 0.6 is 0 Å². The van der Waals surface area contributed by atoms with Gasteiger partial charge in [0.1, 0.15) is 5.75 Å². The molecule has 1 aliphatic carbocycles. The summed E-state index contributed by atoms with van der Waals surface area (Å²) in [5.74, 6) is 0.228. The lowest BCUT2D eigenvalue weighted by molar-refractivity contribution is -0.274. The molecular formula is C14H16F3NO2. The SMILES string of the molecule is CC(NC(=O)C1CC1C)c1ccc(OC(F)(F)F)cc1. The predicted octanol–water partition coefficient (Wildman–Crippen LogP) is 3.42. The molecule has 0 radical (unpaired) electrons. The molecule has 0 heterocycles. The van der Waals surface area contributed by atoms with E-state index in [0.29, 0.717) is 5.92 Å². The van der Waals surface area contributed by atoms with Gasteiger partial charge in [0.15, 0.2) is 0 Å². The van der Waals surface area contributed by atoms with Gasteiger partial charge in [0.2, 0.25) is 5.91 Å². The van der Waals surface area contributed by atoms with Gasteiger partial charge in [0, 0.05) is 5.92 Å². The quantitative estimate of drug-likeness (QED) is 0.921. The van der Waals surface area contributed by atoms with E-state index in [0.717, 1.165) is 12.0 Å². The second-order valence-corrected chi connectivity index (χ2v) is 5.17. The molecule has 3 unspecified atom stereocenters. The van der Waals surface area contributed by atoms with Crippen LogP contribution in [0.3, 0.4) is 0 Å². The number of hydrogen-bond donors (Lipinski definition) is 1. The largest absolute Gasteiger partial charge is 0.573 e. The highest BCUT2D eigenvalue weighted by Gasteiger charge is 2.39. The summed E-state index contributed by atoms with van der Waals surface area (Å²) in [6, 6.07) is 5.27. The molecule has 0 aliphatic heterocycles. The Morgan fingerprint density at radius 1 is 1.35 bits per heavy atom. The fourth-order valence-electron chi connectivity index (χ4n) is 2.05. The second-order valence-electron chi connectivity index (χ2n) is 5.17. The number of carbonyl (C=O) groups excluding carboxylic acids is 1. The number of ether oxygens (including phenoxy) is 1. The Morgan fingerprint density at radius 3 is 2.35 bits per heavy atom. The molecule has 110 valence electrons. The van der Waals surface area contributed by atoms with Crippen LogP contribution in [0.5, 0.6) is 5.75 Å². The average molecular weight is 287 g/mol. The van der Waals surface area contributed by atoms with Gasteiger partial charge < -0.3 is 10.1 Å². The molecule has 6 heteroatoms. The average Bonchev–Trinajstić information content (AvgIpc) is 3.05. The van der Waals surface area contributed by atoms with E-state index in [1.54, 1.807) is 6.92 Å². The monoisotopic (exact) mass is 287 g/mol. The zero-order valence-electron chi connectivity index (χ0n) is 11.2. The van der Waals surface area contributed by atoms with E-state index in [4.69, 9.17) is 0 Å². The van der Waals surface area contributed by atoms with Crippen molar-refractivity contribution < 1.29 is 22.7 Å². The van der Waals surface area contributed by atoms with E-state index in [2.05, 4.69) is 10.1 Å². The Labute approximate surface area is 115 Å². The van der Waals surface area contributed by atoms with Gasteiger partial charge >= 0.3 is 6.36 Å². The Balaban J connectivity index is 1.93. The molecule has 1 amide bonds. The van der Waals surface area contributed by atoms with Crippen LogP contribution in [0.4, 0.5) is 13.2 Å². The van der Waals surface area contributed by atoms with Crippen LogP contribution in [-0.2, 0) is 4.79 Å². The fraction of sp³-hybridized carbons (Fsp3) is 0.500. The Bertz CT molecular complexity index is 484. The molecule has 0 aromatic heterocycles. The molecule has 1 saturated carbocycles. The van der Waals surface area contributed by atoms with Gasteiger partial charge in [-0.2, -0.15) is 0 Å². The maximum Gasteiger partial charge on any atom is 0.573 e. The third kappa shape index (κ3) is 3.88. The Morgan fingerprint density at radius 2 is 1.90 bits per heavy atom. The molecule has 1 aromatic rings. The molecule has 20 heavy (non-hydrogen) atoms. The number of halogens is 3.